The molecule has 4 rings (SSSR count). The number of allylic oxidation sites excluding steroid dienone is 4. The van der Waals surface area contributed by atoms with Crippen LogP contribution in [-0.2, 0) is 0 Å². The lowest BCUT2D eigenvalue weighted by molar-refractivity contribution is 0.739. The van der Waals surface area contributed by atoms with E-state index in [9.17, 15) is 0 Å². The summed E-state index contributed by atoms with van der Waals surface area (Å²) >= 11 is 1.65. The van der Waals surface area contributed by atoms with Gasteiger partial charge in [0, 0.05) is 17.8 Å². The fourth-order valence-corrected chi connectivity index (χ4v) is 3.44. The van der Waals surface area contributed by atoms with Gasteiger partial charge >= 0.3 is 0 Å². The Bertz CT molecular complexity index is 900. The van der Waals surface area contributed by atoms with Crippen molar-refractivity contribution in [1.29, 1.82) is 0 Å². The Morgan fingerprint density at radius 1 is 1.32 bits per heavy atom. The molecule has 3 heterocycles. The predicted molar refractivity (Wildman–Crippen MR) is 90.6 cm³/mol. The second kappa shape index (κ2) is 5.18. The SMILES string of the molecule is Cc1cnc2c(-c3nc(C4=CCC(C)C=C4)cs3)c[nH]c2n1. The molecule has 0 spiro atoms. The molecule has 0 amide bonds. The molecule has 0 aromatic carbocycles. The lowest BCUT2D eigenvalue weighted by Gasteiger charge is -2.09. The van der Waals surface area contributed by atoms with Gasteiger partial charge in [0.15, 0.2) is 5.65 Å². The van der Waals surface area contributed by atoms with E-state index in [0.717, 1.165) is 39.5 Å². The summed E-state index contributed by atoms with van der Waals surface area (Å²) in [7, 11) is 0. The highest BCUT2D eigenvalue weighted by atomic mass is 32.1. The molecule has 1 aliphatic rings. The first-order valence-corrected chi connectivity index (χ1v) is 8.24. The highest BCUT2D eigenvalue weighted by Crippen LogP contribution is 2.32. The van der Waals surface area contributed by atoms with E-state index in [0.29, 0.717) is 5.92 Å². The topological polar surface area (TPSA) is 54.5 Å². The van der Waals surface area contributed by atoms with Gasteiger partial charge in [-0.15, -0.1) is 11.3 Å². The molecule has 0 saturated carbocycles. The number of thiazole rings is 1. The number of nitrogens with zero attached hydrogens (tertiary/aromatic N) is 3. The van der Waals surface area contributed by atoms with Crippen molar-refractivity contribution in [2.45, 2.75) is 20.3 Å². The Kier molecular flexibility index (Phi) is 3.15. The molecule has 1 atom stereocenters. The zero-order valence-electron chi connectivity index (χ0n) is 12.5. The quantitative estimate of drug-likeness (QED) is 0.765. The van der Waals surface area contributed by atoms with Crippen LogP contribution in [0.3, 0.4) is 0 Å². The molecule has 3 aromatic rings. The summed E-state index contributed by atoms with van der Waals surface area (Å²) in [5.74, 6) is 0.619. The van der Waals surface area contributed by atoms with Crippen LogP contribution < -0.4 is 0 Å². The fraction of sp³-hybridized carbons (Fsp3) is 0.235. The van der Waals surface area contributed by atoms with Crippen molar-refractivity contribution >= 4 is 28.1 Å². The number of rotatable bonds is 2. The second-order valence-corrected chi connectivity index (χ2v) is 6.54. The molecule has 0 aliphatic heterocycles. The average molecular weight is 308 g/mol. The summed E-state index contributed by atoms with van der Waals surface area (Å²) in [5.41, 5.74) is 5.88. The molecule has 1 N–H and O–H groups in total. The number of hydrogen-bond donors (Lipinski definition) is 1. The molecule has 0 saturated heterocycles. The summed E-state index contributed by atoms with van der Waals surface area (Å²) in [6, 6.07) is 0. The highest BCUT2D eigenvalue weighted by molar-refractivity contribution is 7.13. The molecule has 0 bridgehead atoms. The smallest absolute Gasteiger partial charge is 0.157 e. The Morgan fingerprint density at radius 3 is 3.05 bits per heavy atom. The molecule has 110 valence electrons. The highest BCUT2D eigenvalue weighted by Gasteiger charge is 2.14. The van der Waals surface area contributed by atoms with Crippen LogP contribution in [0, 0.1) is 12.8 Å². The van der Waals surface area contributed by atoms with Crippen molar-refractivity contribution in [3.8, 4) is 10.6 Å². The number of aryl methyl sites for hydroxylation is 1. The van der Waals surface area contributed by atoms with E-state index in [1.54, 1.807) is 17.5 Å². The first-order chi connectivity index (χ1) is 10.7. The van der Waals surface area contributed by atoms with Gasteiger partial charge in [-0.25, -0.2) is 9.97 Å². The summed E-state index contributed by atoms with van der Waals surface area (Å²) in [5, 5.41) is 3.09. The molecular formula is C17H16N4S. The van der Waals surface area contributed by atoms with Crippen LogP contribution in [0.2, 0.25) is 0 Å². The van der Waals surface area contributed by atoms with Gasteiger partial charge in [-0.2, -0.15) is 0 Å². The fourth-order valence-electron chi connectivity index (χ4n) is 2.59. The Balaban J connectivity index is 1.73. The average Bonchev–Trinajstić information content (AvgIpc) is 3.13. The Hall–Kier alpha value is -2.27. The number of hydrogen-bond acceptors (Lipinski definition) is 4. The van der Waals surface area contributed by atoms with Crippen LogP contribution in [0.25, 0.3) is 27.3 Å². The van der Waals surface area contributed by atoms with Crippen LogP contribution in [0.5, 0.6) is 0 Å². The van der Waals surface area contributed by atoms with Crippen molar-refractivity contribution in [3.63, 3.8) is 0 Å². The van der Waals surface area contributed by atoms with Gasteiger partial charge in [0.2, 0.25) is 0 Å². The minimum atomic E-state index is 0.619. The molecule has 22 heavy (non-hydrogen) atoms. The van der Waals surface area contributed by atoms with Crippen LogP contribution in [0.1, 0.15) is 24.7 Å². The van der Waals surface area contributed by atoms with Gasteiger partial charge in [-0.05, 0) is 24.8 Å². The van der Waals surface area contributed by atoms with Crippen molar-refractivity contribution in [3.05, 3.63) is 47.4 Å². The molecule has 0 fully saturated rings. The monoisotopic (exact) mass is 308 g/mol. The maximum Gasteiger partial charge on any atom is 0.157 e. The van der Waals surface area contributed by atoms with Crippen molar-refractivity contribution in [2.24, 2.45) is 5.92 Å². The largest absolute Gasteiger partial charge is 0.344 e. The molecular weight excluding hydrogens is 292 g/mol. The van der Waals surface area contributed by atoms with Gasteiger partial charge in [-0.1, -0.05) is 25.2 Å². The number of aromatic amines is 1. The van der Waals surface area contributed by atoms with Crippen LogP contribution >= 0.6 is 11.3 Å². The molecule has 1 aliphatic carbocycles. The van der Waals surface area contributed by atoms with E-state index in [1.165, 1.54) is 5.57 Å². The van der Waals surface area contributed by atoms with E-state index in [2.05, 4.69) is 45.5 Å². The van der Waals surface area contributed by atoms with Crippen molar-refractivity contribution in [2.75, 3.05) is 0 Å². The normalized spacial score (nSPS) is 17.9. The summed E-state index contributed by atoms with van der Waals surface area (Å²) in [4.78, 5) is 16.9. The van der Waals surface area contributed by atoms with Gasteiger partial charge in [-0.3, -0.25) is 4.98 Å². The van der Waals surface area contributed by atoms with Crippen molar-refractivity contribution < 1.29 is 0 Å². The lowest BCUT2D eigenvalue weighted by atomic mass is 9.97. The van der Waals surface area contributed by atoms with E-state index in [1.807, 2.05) is 13.1 Å². The predicted octanol–water partition coefficient (Wildman–Crippen LogP) is 4.37. The number of H-pyrrole nitrogens is 1. The van der Waals surface area contributed by atoms with Gasteiger partial charge in [0.25, 0.3) is 0 Å². The molecule has 4 nitrogen and oxygen atoms in total. The van der Waals surface area contributed by atoms with Crippen LogP contribution in [0.15, 0.2) is 36.0 Å². The van der Waals surface area contributed by atoms with E-state index in [4.69, 9.17) is 4.98 Å². The van der Waals surface area contributed by atoms with Gasteiger partial charge < -0.3 is 4.98 Å². The standard InChI is InChI=1S/C17H16N4S/c1-10-3-5-12(6-4-10)14-9-22-17(21-14)13-8-19-16-15(13)18-7-11(2)20-16/h3,5-10H,4H2,1-2H3,(H,19,20). The number of fused-ring (bicyclic) bond motifs is 1. The minimum absolute atomic E-state index is 0.619. The third kappa shape index (κ3) is 2.27. The minimum Gasteiger partial charge on any atom is -0.344 e. The summed E-state index contributed by atoms with van der Waals surface area (Å²) < 4.78 is 0. The first kappa shape index (κ1) is 13.4. The van der Waals surface area contributed by atoms with Gasteiger partial charge in [0.1, 0.15) is 10.5 Å². The maximum absolute atomic E-state index is 4.79. The Labute approximate surface area is 132 Å². The third-order valence-corrected chi connectivity index (χ3v) is 4.72. The number of nitrogens with one attached hydrogen (secondary N) is 1. The molecule has 1 unspecified atom stereocenters. The third-order valence-electron chi connectivity index (χ3n) is 3.85. The Morgan fingerprint density at radius 2 is 2.23 bits per heavy atom. The molecule has 0 radical (unpaired) electrons. The second-order valence-electron chi connectivity index (χ2n) is 5.68. The molecule has 5 heteroatoms. The van der Waals surface area contributed by atoms with E-state index >= 15 is 0 Å². The van der Waals surface area contributed by atoms with Crippen molar-refractivity contribution in [1.82, 2.24) is 19.9 Å². The zero-order chi connectivity index (χ0) is 15.1. The summed E-state index contributed by atoms with van der Waals surface area (Å²) in [6.07, 6.45) is 11.5. The summed E-state index contributed by atoms with van der Waals surface area (Å²) in [6.45, 7) is 4.17. The maximum atomic E-state index is 4.79. The first-order valence-electron chi connectivity index (χ1n) is 7.36. The lowest BCUT2D eigenvalue weighted by Crippen LogP contribution is -1.94. The van der Waals surface area contributed by atoms with E-state index < -0.39 is 0 Å². The molecule has 3 aromatic heterocycles. The van der Waals surface area contributed by atoms with Gasteiger partial charge in [0.05, 0.1) is 17.0 Å². The van der Waals surface area contributed by atoms with E-state index in [-0.39, 0.29) is 0 Å². The van der Waals surface area contributed by atoms with Crippen LogP contribution in [-0.4, -0.2) is 19.9 Å². The zero-order valence-corrected chi connectivity index (χ0v) is 13.3. The van der Waals surface area contributed by atoms with Crippen LogP contribution in [0.4, 0.5) is 0 Å². The number of aromatic nitrogens is 4.